The number of nitrogens with zero attached hydrogens (tertiary/aromatic N) is 1. The first-order chi connectivity index (χ1) is 12.2. The second kappa shape index (κ2) is 7.55. The van der Waals surface area contributed by atoms with E-state index in [0.29, 0.717) is 12.1 Å². The number of hydrogen-bond acceptors (Lipinski definition) is 5. The topological polar surface area (TPSA) is 105 Å². The number of nitrogens with one attached hydrogen (secondary N) is 2. The molecule has 2 atom stereocenters. The van der Waals surface area contributed by atoms with Crippen LogP contribution in [0.25, 0.3) is 0 Å². The number of likely N-dealkylation sites (N-methyl/N-ethyl adjacent to an activating group) is 1. The molecule has 2 N–H and O–H groups in total. The van der Waals surface area contributed by atoms with E-state index in [0.717, 1.165) is 10.5 Å². The SMILES string of the molecule is CCNC(=O)[C@H](C)OC(=O)CN1C(=O)N[C@](C)(c2ccc(C)cc2)C1=O. The van der Waals surface area contributed by atoms with E-state index in [-0.39, 0.29) is 0 Å². The first-order valence-corrected chi connectivity index (χ1v) is 8.37. The molecule has 2 rings (SSSR count). The van der Waals surface area contributed by atoms with Crippen molar-refractivity contribution in [1.82, 2.24) is 15.5 Å². The summed E-state index contributed by atoms with van der Waals surface area (Å²) in [6.45, 7) is 6.51. The van der Waals surface area contributed by atoms with E-state index in [1.807, 2.05) is 19.1 Å². The Morgan fingerprint density at radius 1 is 1.27 bits per heavy atom. The third-order valence-electron chi connectivity index (χ3n) is 4.22. The number of carbonyl (C=O) groups is 4. The van der Waals surface area contributed by atoms with Gasteiger partial charge >= 0.3 is 12.0 Å². The van der Waals surface area contributed by atoms with Crippen LogP contribution in [0, 0.1) is 6.92 Å². The first-order valence-electron chi connectivity index (χ1n) is 8.37. The molecule has 1 saturated heterocycles. The summed E-state index contributed by atoms with van der Waals surface area (Å²) in [7, 11) is 0. The Balaban J connectivity index is 2.08. The molecule has 1 fully saturated rings. The fourth-order valence-corrected chi connectivity index (χ4v) is 2.66. The molecule has 8 nitrogen and oxygen atoms in total. The second-order valence-electron chi connectivity index (χ2n) is 6.34. The van der Waals surface area contributed by atoms with Crippen LogP contribution in [0.15, 0.2) is 24.3 Å². The van der Waals surface area contributed by atoms with Gasteiger partial charge in [-0.05, 0) is 33.3 Å². The van der Waals surface area contributed by atoms with Crippen LogP contribution in [0.1, 0.15) is 31.9 Å². The fraction of sp³-hybridized carbons (Fsp3) is 0.444. The summed E-state index contributed by atoms with van der Waals surface area (Å²) in [6, 6.07) is 6.51. The first kappa shape index (κ1) is 19.4. The number of aryl methyl sites for hydroxylation is 1. The summed E-state index contributed by atoms with van der Waals surface area (Å²) >= 11 is 0. The lowest BCUT2D eigenvalue weighted by atomic mass is 9.91. The van der Waals surface area contributed by atoms with Crippen molar-refractivity contribution in [3.05, 3.63) is 35.4 Å². The van der Waals surface area contributed by atoms with Crippen molar-refractivity contribution >= 4 is 23.8 Å². The number of urea groups is 1. The van der Waals surface area contributed by atoms with Gasteiger partial charge in [-0.2, -0.15) is 0 Å². The van der Waals surface area contributed by atoms with E-state index in [9.17, 15) is 19.2 Å². The van der Waals surface area contributed by atoms with Gasteiger partial charge in [-0.25, -0.2) is 4.79 Å². The van der Waals surface area contributed by atoms with Crippen molar-refractivity contribution in [2.24, 2.45) is 0 Å². The monoisotopic (exact) mass is 361 g/mol. The summed E-state index contributed by atoms with van der Waals surface area (Å²) in [5.74, 6) is -1.82. The molecule has 1 aliphatic heterocycles. The summed E-state index contributed by atoms with van der Waals surface area (Å²) < 4.78 is 4.99. The Bertz CT molecular complexity index is 731. The Morgan fingerprint density at radius 2 is 1.88 bits per heavy atom. The normalized spacial score (nSPS) is 20.5. The third kappa shape index (κ3) is 3.84. The maximum Gasteiger partial charge on any atom is 0.327 e. The minimum absolute atomic E-state index is 0.405. The second-order valence-corrected chi connectivity index (χ2v) is 6.34. The van der Waals surface area contributed by atoms with Gasteiger partial charge in [0.25, 0.3) is 11.8 Å². The molecular weight excluding hydrogens is 338 g/mol. The highest BCUT2D eigenvalue weighted by atomic mass is 16.5. The van der Waals surface area contributed by atoms with Crippen molar-refractivity contribution in [2.45, 2.75) is 39.3 Å². The molecule has 1 aromatic carbocycles. The van der Waals surface area contributed by atoms with E-state index in [2.05, 4.69) is 10.6 Å². The molecule has 1 heterocycles. The number of benzene rings is 1. The molecular formula is C18H23N3O5. The van der Waals surface area contributed by atoms with Crippen molar-refractivity contribution < 1.29 is 23.9 Å². The predicted octanol–water partition coefficient (Wildman–Crippen LogP) is 0.830. The fourth-order valence-electron chi connectivity index (χ4n) is 2.66. The van der Waals surface area contributed by atoms with Gasteiger partial charge in [0.1, 0.15) is 12.1 Å². The summed E-state index contributed by atoms with van der Waals surface area (Å²) in [5, 5.41) is 5.14. The lowest BCUT2D eigenvalue weighted by Crippen LogP contribution is -2.42. The third-order valence-corrected chi connectivity index (χ3v) is 4.22. The zero-order chi connectivity index (χ0) is 19.5. The number of esters is 1. The Kier molecular flexibility index (Phi) is 5.64. The van der Waals surface area contributed by atoms with Gasteiger partial charge in [-0.15, -0.1) is 0 Å². The highest BCUT2D eigenvalue weighted by molar-refractivity contribution is 6.08. The van der Waals surface area contributed by atoms with Gasteiger partial charge in [0, 0.05) is 6.54 Å². The van der Waals surface area contributed by atoms with E-state index >= 15 is 0 Å². The van der Waals surface area contributed by atoms with Gasteiger partial charge in [0.2, 0.25) is 0 Å². The molecule has 4 amide bonds. The smallest absolute Gasteiger partial charge is 0.327 e. The largest absolute Gasteiger partial charge is 0.451 e. The molecule has 0 spiro atoms. The molecule has 0 unspecified atom stereocenters. The average Bonchev–Trinajstić information content (AvgIpc) is 2.79. The molecule has 1 aliphatic rings. The Morgan fingerprint density at radius 3 is 2.46 bits per heavy atom. The molecule has 0 bridgehead atoms. The number of hydrogen-bond donors (Lipinski definition) is 2. The van der Waals surface area contributed by atoms with E-state index in [1.165, 1.54) is 6.92 Å². The van der Waals surface area contributed by atoms with Gasteiger partial charge in [0.15, 0.2) is 6.10 Å². The van der Waals surface area contributed by atoms with Crippen molar-refractivity contribution in [1.29, 1.82) is 0 Å². The molecule has 0 radical (unpaired) electrons. The maximum atomic E-state index is 12.7. The van der Waals surface area contributed by atoms with Crippen LogP contribution in [-0.4, -0.2) is 47.9 Å². The van der Waals surface area contributed by atoms with Crippen molar-refractivity contribution in [3.8, 4) is 0 Å². The van der Waals surface area contributed by atoms with Crippen LogP contribution in [0.2, 0.25) is 0 Å². The minimum atomic E-state index is -1.25. The zero-order valence-corrected chi connectivity index (χ0v) is 15.3. The number of amides is 4. The lowest BCUT2D eigenvalue weighted by molar-refractivity contribution is -0.156. The van der Waals surface area contributed by atoms with Gasteiger partial charge in [-0.3, -0.25) is 19.3 Å². The Hall–Kier alpha value is -2.90. The molecule has 140 valence electrons. The summed E-state index contributed by atoms with van der Waals surface area (Å²) in [5.41, 5.74) is 0.387. The van der Waals surface area contributed by atoms with Crippen LogP contribution in [0.3, 0.4) is 0 Å². The van der Waals surface area contributed by atoms with Crippen LogP contribution < -0.4 is 10.6 Å². The van der Waals surface area contributed by atoms with Crippen molar-refractivity contribution in [3.63, 3.8) is 0 Å². The zero-order valence-electron chi connectivity index (χ0n) is 15.3. The van der Waals surface area contributed by atoms with Crippen LogP contribution >= 0.6 is 0 Å². The highest BCUT2D eigenvalue weighted by Crippen LogP contribution is 2.28. The van der Waals surface area contributed by atoms with E-state index in [1.54, 1.807) is 26.0 Å². The van der Waals surface area contributed by atoms with Gasteiger partial charge < -0.3 is 15.4 Å². The van der Waals surface area contributed by atoms with Crippen LogP contribution in [-0.2, 0) is 24.7 Å². The van der Waals surface area contributed by atoms with E-state index < -0.39 is 42.0 Å². The Labute approximate surface area is 151 Å². The molecule has 26 heavy (non-hydrogen) atoms. The molecule has 0 saturated carbocycles. The number of rotatable bonds is 6. The average molecular weight is 361 g/mol. The van der Waals surface area contributed by atoms with Crippen LogP contribution in [0.5, 0.6) is 0 Å². The molecule has 1 aromatic rings. The van der Waals surface area contributed by atoms with Crippen LogP contribution in [0.4, 0.5) is 4.79 Å². The molecule has 0 aromatic heterocycles. The number of carbonyl (C=O) groups excluding carboxylic acids is 4. The minimum Gasteiger partial charge on any atom is -0.451 e. The van der Waals surface area contributed by atoms with Gasteiger partial charge in [-0.1, -0.05) is 29.8 Å². The molecule has 8 heteroatoms. The maximum absolute atomic E-state index is 12.7. The summed E-state index contributed by atoms with van der Waals surface area (Å²) in [4.78, 5) is 49.4. The standard InChI is InChI=1S/C18H23N3O5/c1-5-19-15(23)12(3)26-14(22)10-21-16(24)18(4,20-17(21)25)13-8-6-11(2)7-9-13/h6-9,12H,5,10H2,1-4H3,(H,19,23)(H,20,25)/t12-,18+/m0/s1. The predicted molar refractivity (Wildman–Crippen MR) is 93.0 cm³/mol. The lowest BCUT2D eigenvalue weighted by Gasteiger charge is -2.22. The molecule has 0 aliphatic carbocycles. The number of ether oxygens (including phenoxy) is 1. The summed E-state index contributed by atoms with van der Waals surface area (Å²) in [6.07, 6.45) is -1.01. The van der Waals surface area contributed by atoms with Crippen molar-refractivity contribution in [2.75, 3.05) is 13.1 Å². The van der Waals surface area contributed by atoms with E-state index in [4.69, 9.17) is 4.74 Å². The number of imide groups is 1. The van der Waals surface area contributed by atoms with Gasteiger partial charge in [0.05, 0.1) is 0 Å². The quantitative estimate of drug-likeness (QED) is 0.577. The highest BCUT2D eigenvalue weighted by Gasteiger charge is 2.49.